The molecule has 0 bridgehead atoms. The lowest BCUT2D eigenvalue weighted by molar-refractivity contribution is 0.292. The first-order chi connectivity index (χ1) is 9.98. The minimum absolute atomic E-state index is 0. The highest BCUT2D eigenvalue weighted by atomic mass is 35.5. The van der Waals surface area contributed by atoms with E-state index >= 15 is 0 Å². The maximum Gasteiger partial charge on any atom is 0.243 e. The van der Waals surface area contributed by atoms with Crippen molar-refractivity contribution in [2.24, 2.45) is 0 Å². The highest BCUT2D eigenvalue weighted by Gasteiger charge is 2.30. The number of nitrogens with one attached hydrogen (secondary N) is 1. The number of nitrogens with zero attached hydrogens (tertiary/aromatic N) is 1. The van der Waals surface area contributed by atoms with Gasteiger partial charge in [-0.05, 0) is 57.5 Å². The van der Waals surface area contributed by atoms with Crippen LogP contribution in [0.25, 0.3) is 0 Å². The van der Waals surface area contributed by atoms with E-state index in [0.29, 0.717) is 30.3 Å². The molecule has 0 aromatic heterocycles. The number of hydrogen-bond acceptors (Lipinski definition) is 4. The van der Waals surface area contributed by atoms with Crippen LogP contribution in [-0.4, -0.2) is 45.5 Å². The van der Waals surface area contributed by atoms with Crippen molar-refractivity contribution in [2.45, 2.75) is 37.6 Å². The van der Waals surface area contributed by atoms with Crippen molar-refractivity contribution in [1.82, 2.24) is 9.62 Å². The summed E-state index contributed by atoms with van der Waals surface area (Å²) >= 11 is 0. The summed E-state index contributed by atoms with van der Waals surface area (Å²) in [6.07, 6.45) is 1.91. The van der Waals surface area contributed by atoms with E-state index in [1.54, 1.807) is 22.5 Å². The molecule has 0 spiro atoms. The number of piperidine rings is 1. The van der Waals surface area contributed by atoms with Gasteiger partial charge >= 0.3 is 0 Å². The zero-order valence-electron chi connectivity index (χ0n) is 13.3. The molecule has 1 saturated heterocycles. The fourth-order valence-corrected chi connectivity index (χ4v) is 4.43. The van der Waals surface area contributed by atoms with Gasteiger partial charge in [-0.25, -0.2) is 8.42 Å². The number of halogens is 1. The highest BCUT2D eigenvalue weighted by Crippen LogP contribution is 2.26. The predicted molar refractivity (Wildman–Crippen MR) is 90.4 cm³/mol. The molecule has 5 nitrogen and oxygen atoms in total. The molecule has 1 aliphatic heterocycles. The zero-order chi connectivity index (χ0) is 15.5. The summed E-state index contributed by atoms with van der Waals surface area (Å²) < 4.78 is 32.6. The number of likely N-dealkylation sites (N-methyl/N-ethyl adjacent to an activating group) is 1. The number of sulfonamides is 1. The van der Waals surface area contributed by atoms with E-state index in [9.17, 15) is 8.42 Å². The van der Waals surface area contributed by atoms with Gasteiger partial charge in [0.05, 0.1) is 11.5 Å². The van der Waals surface area contributed by atoms with Crippen LogP contribution >= 0.6 is 12.4 Å². The Morgan fingerprint density at radius 1 is 1.41 bits per heavy atom. The lowest BCUT2D eigenvalue weighted by Crippen LogP contribution is -2.46. The SMILES string of the molecule is CCOc1ccc(S(=O)(=O)N2CCCC(NC)C2)c(C)c1.Cl. The molecule has 1 N–H and O–H groups in total. The van der Waals surface area contributed by atoms with Crippen LogP contribution in [-0.2, 0) is 10.0 Å². The fraction of sp³-hybridized carbons (Fsp3) is 0.600. The summed E-state index contributed by atoms with van der Waals surface area (Å²) in [6, 6.07) is 5.40. The van der Waals surface area contributed by atoms with Crippen LogP contribution < -0.4 is 10.1 Å². The number of ether oxygens (including phenoxy) is 1. The van der Waals surface area contributed by atoms with Crippen molar-refractivity contribution in [3.05, 3.63) is 23.8 Å². The van der Waals surface area contributed by atoms with Gasteiger partial charge in [0.2, 0.25) is 10.0 Å². The van der Waals surface area contributed by atoms with Crippen LogP contribution in [0.15, 0.2) is 23.1 Å². The molecular weight excluding hydrogens is 324 g/mol. The number of hydrogen-bond donors (Lipinski definition) is 1. The van der Waals surface area contributed by atoms with Gasteiger partial charge in [-0.1, -0.05) is 0 Å². The predicted octanol–water partition coefficient (Wildman–Crippen LogP) is 2.19. The topological polar surface area (TPSA) is 58.6 Å². The zero-order valence-corrected chi connectivity index (χ0v) is 15.0. The van der Waals surface area contributed by atoms with E-state index in [1.165, 1.54) is 0 Å². The average molecular weight is 349 g/mol. The second kappa shape index (κ2) is 8.15. The molecule has 1 aliphatic rings. The second-order valence-corrected chi connectivity index (χ2v) is 7.26. The number of aryl methyl sites for hydroxylation is 1. The maximum absolute atomic E-state index is 12.8. The Labute approximate surface area is 139 Å². The van der Waals surface area contributed by atoms with Crippen LogP contribution in [0.2, 0.25) is 0 Å². The fourth-order valence-electron chi connectivity index (χ4n) is 2.70. The third-order valence-electron chi connectivity index (χ3n) is 3.87. The van der Waals surface area contributed by atoms with E-state index in [2.05, 4.69) is 5.32 Å². The Morgan fingerprint density at radius 2 is 2.14 bits per heavy atom. The second-order valence-electron chi connectivity index (χ2n) is 5.35. The minimum Gasteiger partial charge on any atom is -0.494 e. The number of rotatable bonds is 5. The van der Waals surface area contributed by atoms with Gasteiger partial charge < -0.3 is 10.1 Å². The van der Waals surface area contributed by atoms with Gasteiger partial charge in [-0.3, -0.25) is 0 Å². The molecule has 1 fully saturated rings. The molecule has 0 radical (unpaired) electrons. The van der Waals surface area contributed by atoms with Gasteiger partial charge in [0.15, 0.2) is 0 Å². The maximum atomic E-state index is 12.8. The molecule has 2 rings (SSSR count). The van der Waals surface area contributed by atoms with Gasteiger partial charge in [0.25, 0.3) is 0 Å². The standard InChI is InChI=1S/C15H24N2O3S.ClH/c1-4-20-14-7-8-15(12(2)10-14)21(18,19)17-9-5-6-13(11-17)16-3;/h7-8,10,13,16H,4-6,9,11H2,1-3H3;1H. The third kappa shape index (κ3) is 4.13. The summed E-state index contributed by atoms with van der Waals surface area (Å²) in [7, 11) is -1.55. The molecule has 126 valence electrons. The smallest absolute Gasteiger partial charge is 0.243 e. The van der Waals surface area contributed by atoms with Crippen molar-refractivity contribution in [3.63, 3.8) is 0 Å². The van der Waals surface area contributed by atoms with Crippen LogP contribution in [0.4, 0.5) is 0 Å². The first-order valence-electron chi connectivity index (χ1n) is 7.40. The molecule has 1 atom stereocenters. The van der Waals surface area contributed by atoms with Crippen molar-refractivity contribution in [3.8, 4) is 5.75 Å². The summed E-state index contributed by atoms with van der Waals surface area (Å²) in [6.45, 7) is 5.42. The molecule has 1 unspecified atom stereocenters. The van der Waals surface area contributed by atoms with Crippen molar-refractivity contribution in [2.75, 3.05) is 26.7 Å². The quantitative estimate of drug-likeness (QED) is 0.886. The molecule has 22 heavy (non-hydrogen) atoms. The van der Waals surface area contributed by atoms with Gasteiger partial charge in [-0.2, -0.15) is 4.31 Å². The summed E-state index contributed by atoms with van der Waals surface area (Å²) in [4.78, 5) is 0.378. The average Bonchev–Trinajstić information content (AvgIpc) is 2.47. The molecule has 1 aromatic carbocycles. The Bertz CT molecular complexity index is 592. The molecule has 1 aromatic rings. The van der Waals surface area contributed by atoms with E-state index < -0.39 is 10.0 Å². The van der Waals surface area contributed by atoms with E-state index in [1.807, 2.05) is 20.9 Å². The molecule has 1 heterocycles. The lowest BCUT2D eigenvalue weighted by atomic mass is 10.1. The molecule has 0 saturated carbocycles. The monoisotopic (exact) mass is 348 g/mol. The minimum atomic E-state index is -3.43. The Morgan fingerprint density at radius 3 is 2.73 bits per heavy atom. The van der Waals surface area contributed by atoms with E-state index in [0.717, 1.165) is 18.4 Å². The van der Waals surface area contributed by atoms with E-state index in [4.69, 9.17) is 4.74 Å². The normalized spacial score (nSPS) is 19.5. The molecular formula is C15H25ClN2O3S. The van der Waals surface area contributed by atoms with Crippen molar-refractivity contribution >= 4 is 22.4 Å². The summed E-state index contributed by atoms with van der Waals surface area (Å²) in [5.41, 5.74) is 0.729. The largest absolute Gasteiger partial charge is 0.494 e. The third-order valence-corrected chi connectivity index (χ3v) is 5.89. The Hall–Kier alpha value is -0.820. The first-order valence-corrected chi connectivity index (χ1v) is 8.84. The molecule has 0 aliphatic carbocycles. The lowest BCUT2D eigenvalue weighted by Gasteiger charge is -2.32. The van der Waals surface area contributed by atoms with Crippen LogP contribution in [0.3, 0.4) is 0 Å². The number of benzene rings is 1. The first kappa shape index (κ1) is 19.2. The summed E-state index contributed by atoms with van der Waals surface area (Å²) in [5, 5.41) is 3.17. The van der Waals surface area contributed by atoms with Crippen molar-refractivity contribution in [1.29, 1.82) is 0 Å². The van der Waals surface area contributed by atoms with Crippen LogP contribution in [0, 0.1) is 6.92 Å². The van der Waals surface area contributed by atoms with Crippen LogP contribution in [0.1, 0.15) is 25.3 Å². The van der Waals surface area contributed by atoms with Gasteiger partial charge in [0, 0.05) is 19.1 Å². The Kier molecular flexibility index (Phi) is 7.12. The van der Waals surface area contributed by atoms with Gasteiger partial charge in [-0.15, -0.1) is 12.4 Å². The van der Waals surface area contributed by atoms with Crippen LogP contribution in [0.5, 0.6) is 5.75 Å². The Balaban J connectivity index is 0.00000242. The molecule has 0 amide bonds. The highest BCUT2D eigenvalue weighted by molar-refractivity contribution is 7.89. The summed E-state index contributed by atoms with van der Waals surface area (Å²) in [5.74, 6) is 0.709. The van der Waals surface area contributed by atoms with E-state index in [-0.39, 0.29) is 18.4 Å². The van der Waals surface area contributed by atoms with Gasteiger partial charge in [0.1, 0.15) is 5.75 Å². The van der Waals surface area contributed by atoms with Crippen molar-refractivity contribution < 1.29 is 13.2 Å². The molecule has 7 heteroatoms.